The Hall–Kier alpha value is -3.78. The van der Waals surface area contributed by atoms with E-state index in [1.165, 1.54) is 0 Å². The third-order valence-corrected chi connectivity index (χ3v) is 9.78. The van der Waals surface area contributed by atoms with Crippen LogP contribution in [0.15, 0.2) is 24.5 Å². The summed E-state index contributed by atoms with van der Waals surface area (Å²) in [6.07, 6.45) is 10.9. The van der Waals surface area contributed by atoms with Crippen molar-refractivity contribution >= 4 is 29.7 Å². The monoisotopic (exact) mass is 714 g/mol. The van der Waals surface area contributed by atoms with Crippen LogP contribution in [0.3, 0.4) is 0 Å². The zero-order chi connectivity index (χ0) is 36.8. The number of nitrogens with one attached hydrogen (secondary N) is 4. The van der Waals surface area contributed by atoms with Crippen molar-refractivity contribution in [1.29, 1.82) is 0 Å². The summed E-state index contributed by atoms with van der Waals surface area (Å²) in [5, 5.41) is 11.6. The number of ether oxygens (including phenoxy) is 3. The van der Waals surface area contributed by atoms with Gasteiger partial charge < -0.3 is 40.4 Å². The van der Waals surface area contributed by atoms with E-state index in [0.29, 0.717) is 58.5 Å². The van der Waals surface area contributed by atoms with E-state index in [-0.39, 0.29) is 60.3 Å². The van der Waals surface area contributed by atoms with E-state index >= 15 is 0 Å². The lowest BCUT2D eigenvalue weighted by atomic mass is 9.85. The molecule has 2 atom stereocenters. The summed E-state index contributed by atoms with van der Waals surface area (Å²) in [7, 11) is 1.73. The third kappa shape index (κ3) is 13.4. The van der Waals surface area contributed by atoms with Crippen LogP contribution < -0.4 is 21.3 Å². The summed E-state index contributed by atoms with van der Waals surface area (Å²) in [5.74, 6) is -0.742. The van der Waals surface area contributed by atoms with Crippen molar-refractivity contribution in [1.82, 2.24) is 31.2 Å². The minimum atomic E-state index is -0.566. The van der Waals surface area contributed by atoms with E-state index < -0.39 is 17.6 Å². The fourth-order valence-electron chi connectivity index (χ4n) is 7.10. The summed E-state index contributed by atoms with van der Waals surface area (Å²) in [6.45, 7) is 7.36. The van der Waals surface area contributed by atoms with Gasteiger partial charge in [-0.05, 0) is 90.2 Å². The lowest BCUT2D eigenvalue weighted by Crippen LogP contribution is -2.42. The number of alkyl carbamates (subject to hydrolysis) is 1. The van der Waals surface area contributed by atoms with Crippen molar-refractivity contribution in [3.8, 4) is 0 Å². The van der Waals surface area contributed by atoms with E-state index in [1.54, 1.807) is 45.1 Å². The van der Waals surface area contributed by atoms with Gasteiger partial charge >= 0.3 is 6.09 Å². The van der Waals surface area contributed by atoms with Gasteiger partial charge in [0.15, 0.2) is 0 Å². The van der Waals surface area contributed by atoms with Gasteiger partial charge in [-0.2, -0.15) is 0 Å². The Morgan fingerprint density at radius 2 is 1.51 bits per heavy atom. The van der Waals surface area contributed by atoms with Crippen LogP contribution in [0, 0.1) is 11.8 Å². The molecule has 0 unspecified atom stereocenters. The molecule has 0 radical (unpaired) electrons. The summed E-state index contributed by atoms with van der Waals surface area (Å²) in [5.41, 5.74) is 0.288. The zero-order valence-corrected chi connectivity index (χ0v) is 30.7. The molecule has 0 bridgehead atoms. The lowest BCUT2D eigenvalue weighted by Gasteiger charge is -2.29. The maximum absolute atomic E-state index is 13.0. The number of rotatable bonds is 16. The van der Waals surface area contributed by atoms with Gasteiger partial charge in [-0.1, -0.05) is 6.07 Å². The SMILES string of the molecule is CN1C(=O)C[C@H](C(=O)NCCOC2CCC(OCCCC(=O)NC3CCC(C(=O)NCCNC(=O)OC(C)(C)C)CC3)CC2)[C@H]1c1cccnc1. The molecule has 14 heteroatoms. The van der Waals surface area contributed by atoms with Gasteiger partial charge in [0, 0.05) is 70.5 Å². The van der Waals surface area contributed by atoms with Gasteiger partial charge in [-0.25, -0.2) is 4.79 Å². The van der Waals surface area contributed by atoms with Gasteiger partial charge in [0.25, 0.3) is 0 Å². The van der Waals surface area contributed by atoms with Crippen molar-refractivity contribution in [3.63, 3.8) is 0 Å². The molecular weight excluding hydrogens is 656 g/mol. The van der Waals surface area contributed by atoms with Gasteiger partial charge in [-0.15, -0.1) is 0 Å². The van der Waals surface area contributed by atoms with Crippen LogP contribution >= 0.6 is 0 Å². The molecule has 2 heterocycles. The van der Waals surface area contributed by atoms with Gasteiger partial charge in [0.05, 0.1) is 30.8 Å². The Kier molecular flexibility index (Phi) is 15.5. The predicted octanol–water partition coefficient (Wildman–Crippen LogP) is 3.16. The number of hydrogen-bond donors (Lipinski definition) is 4. The van der Waals surface area contributed by atoms with Crippen molar-refractivity contribution in [2.24, 2.45) is 11.8 Å². The van der Waals surface area contributed by atoms with Crippen LogP contribution in [0.1, 0.15) is 103 Å². The quantitative estimate of drug-likeness (QED) is 0.187. The summed E-state index contributed by atoms with van der Waals surface area (Å²) in [6, 6.07) is 3.47. The molecule has 14 nitrogen and oxygen atoms in total. The molecule has 51 heavy (non-hydrogen) atoms. The highest BCUT2D eigenvalue weighted by Gasteiger charge is 2.42. The first kappa shape index (κ1) is 40.0. The zero-order valence-electron chi connectivity index (χ0n) is 30.7. The highest BCUT2D eigenvalue weighted by atomic mass is 16.6. The summed E-state index contributed by atoms with van der Waals surface area (Å²) < 4.78 is 17.3. The number of likely N-dealkylation sites (tertiary alicyclic amines) is 1. The normalized spacial score (nSPS) is 25.2. The number of amides is 5. The average Bonchev–Trinajstić information content (AvgIpc) is 3.40. The Morgan fingerprint density at radius 1 is 0.863 bits per heavy atom. The highest BCUT2D eigenvalue weighted by molar-refractivity contribution is 5.90. The Morgan fingerprint density at radius 3 is 2.16 bits per heavy atom. The summed E-state index contributed by atoms with van der Waals surface area (Å²) in [4.78, 5) is 67.9. The third-order valence-electron chi connectivity index (χ3n) is 9.78. The number of nitrogens with zero attached hydrogens (tertiary/aromatic N) is 2. The van der Waals surface area contributed by atoms with Crippen molar-refractivity contribution in [2.75, 3.05) is 39.9 Å². The predicted molar refractivity (Wildman–Crippen MR) is 189 cm³/mol. The van der Waals surface area contributed by atoms with E-state index in [2.05, 4.69) is 26.3 Å². The van der Waals surface area contributed by atoms with E-state index in [9.17, 15) is 24.0 Å². The lowest BCUT2D eigenvalue weighted by molar-refractivity contribution is -0.128. The smallest absolute Gasteiger partial charge is 0.407 e. The van der Waals surface area contributed by atoms with Gasteiger partial charge in [-0.3, -0.25) is 24.2 Å². The minimum absolute atomic E-state index is 0.0167. The van der Waals surface area contributed by atoms with E-state index in [1.807, 2.05) is 12.1 Å². The average molecular weight is 715 g/mol. The molecule has 0 aromatic carbocycles. The van der Waals surface area contributed by atoms with Crippen LogP contribution in [0.4, 0.5) is 4.79 Å². The second kappa shape index (κ2) is 19.7. The number of hydrogen-bond acceptors (Lipinski definition) is 9. The first-order valence-electron chi connectivity index (χ1n) is 18.6. The highest BCUT2D eigenvalue weighted by Crippen LogP contribution is 2.36. The maximum atomic E-state index is 13.0. The number of carbonyl (C=O) groups excluding carboxylic acids is 5. The first-order chi connectivity index (χ1) is 24.4. The molecule has 3 aliphatic rings. The minimum Gasteiger partial charge on any atom is -0.444 e. The van der Waals surface area contributed by atoms with Crippen molar-refractivity contribution in [2.45, 2.75) is 121 Å². The Balaban J connectivity index is 0.988. The molecule has 2 saturated carbocycles. The molecule has 1 saturated heterocycles. The number of carbonyl (C=O) groups is 5. The molecule has 4 N–H and O–H groups in total. The second-order valence-electron chi connectivity index (χ2n) is 14.9. The molecule has 284 valence electrons. The molecule has 0 spiro atoms. The Labute approximate surface area is 301 Å². The van der Waals surface area contributed by atoms with E-state index in [0.717, 1.165) is 44.1 Å². The molecular formula is C37H58N6O8. The van der Waals surface area contributed by atoms with Crippen LogP contribution in [-0.2, 0) is 33.4 Å². The standard InChI is InChI=1S/C37H58N6O8/c1-37(2,3)51-36(48)41-19-18-39-34(46)25-9-11-27(12-10-25)42-31(44)8-6-21-49-28-13-15-29(16-14-28)50-22-20-40-35(47)30-23-32(45)43(4)33(30)26-7-5-17-38-24-26/h5,7,17,24-25,27-30,33H,6,8-16,18-23H2,1-4H3,(H,39,46)(H,40,47)(H,41,48)(H,42,44)/t25?,27?,28?,29?,30-,33+/m0/s1. The maximum Gasteiger partial charge on any atom is 0.407 e. The van der Waals surface area contributed by atoms with Gasteiger partial charge in [0.2, 0.25) is 23.6 Å². The largest absolute Gasteiger partial charge is 0.444 e. The van der Waals surface area contributed by atoms with Crippen LogP contribution in [0.25, 0.3) is 0 Å². The number of pyridine rings is 1. The van der Waals surface area contributed by atoms with Crippen molar-refractivity contribution < 1.29 is 38.2 Å². The van der Waals surface area contributed by atoms with Crippen LogP contribution in [0.2, 0.25) is 0 Å². The van der Waals surface area contributed by atoms with E-state index in [4.69, 9.17) is 14.2 Å². The molecule has 1 aliphatic heterocycles. The fourth-order valence-corrected chi connectivity index (χ4v) is 7.10. The second-order valence-corrected chi connectivity index (χ2v) is 14.9. The molecule has 3 fully saturated rings. The van der Waals surface area contributed by atoms with Crippen LogP contribution in [-0.4, -0.2) is 103 Å². The molecule has 1 aromatic heterocycles. The molecule has 2 aliphatic carbocycles. The molecule has 4 rings (SSSR count). The molecule has 5 amide bonds. The van der Waals surface area contributed by atoms with Crippen molar-refractivity contribution in [3.05, 3.63) is 30.1 Å². The first-order valence-corrected chi connectivity index (χ1v) is 18.6. The summed E-state index contributed by atoms with van der Waals surface area (Å²) >= 11 is 0. The number of aromatic nitrogens is 1. The topological polar surface area (TPSA) is 177 Å². The molecule has 1 aromatic rings. The Bertz CT molecular complexity index is 1290. The van der Waals surface area contributed by atoms with Crippen LogP contribution in [0.5, 0.6) is 0 Å². The van der Waals surface area contributed by atoms with Gasteiger partial charge in [0.1, 0.15) is 5.60 Å². The fraction of sp³-hybridized carbons (Fsp3) is 0.730.